The van der Waals surface area contributed by atoms with Gasteiger partial charge in [0.15, 0.2) is 0 Å². The minimum atomic E-state index is -0.462. The lowest BCUT2D eigenvalue weighted by molar-refractivity contribution is 0.0515. The largest absolute Gasteiger partial charge is 0.508 e. The number of hydrogen-bond donors (Lipinski definition) is 1. The van der Waals surface area contributed by atoms with Gasteiger partial charge in [0.2, 0.25) is 0 Å². The maximum Gasteiger partial charge on any atom is 0.365 e. The number of aryl methyl sites for hydroxylation is 1. The van der Waals surface area contributed by atoms with Crippen molar-refractivity contribution < 1.29 is 14.7 Å². The van der Waals surface area contributed by atoms with Gasteiger partial charge >= 0.3 is 5.97 Å². The van der Waals surface area contributed by atoms with Crippen LogP contribution in [0.4, 0.5) is 0 Å². The van der Waals surface area contributed by atoms with Gasteiger partial charge in [0, 0.05) is 5.56 Å². The molecule has 0 spiro atoms. The van der Waals surface area contributed by atoms with E-state index in [1.807, 2.05) is 25.1 Å². The molecule has 0 saturated heterocycles. The lowest BCUT2D eigenvalue weighted by Crippen LogP contribution is -2.19. The number of carbonyl (C=O) groups excluding carboxylic acids is 1. The maximum atomic E-state index is 12.1. The first kappa shape index (κ1) is 15.3. The van der Waals surface area contributed by atoms with E-state index in [4.69, 9.17) is 4.84 Å². The van der Waals surface area contributed by atoms with Gasteiger partial charge in [-0.05, 0) is 61.6 Å². The van der Waals surface area contributed by atoms with Gasteiger partial charge in [-0.2, -0.15) is 0 Å². The van der Waals surface area contributed by atoms with Crippen LogP contribution in [0.1, 0.15) is 40.4 Å². The Morgan fingerprint density at radius 1 is 1.17 bits per heavy atom. The molecule has 0 unspecified atom stereocenters. The van der Waals surface area contributed by atoms with Crippen LogP contribution in [0, 0.1) is 12.8 Å². The average molecular weight is 309 g/mol. The zero-order valence-electron chi connectivity index (χ0n) is 13.2. The van der Waals surface area contributed by atoms with E-state index in [0.29, 0.717) is 11.5 Å². The van der Waals surface area contributed by atoms with Crippen molar-refractivity contribution in [1.82, 2.24) is 0 Å². The van der Waals surface area contributed by atoms with Crippen molar-refractivity contribution in [2.75, 3.05) is 0 Å². The minimum Gasteiger partial charge on any atom is -0.508 e. The molecule has 1 aliphatic rings. The molecule has 0 saturated carbocycles. The van der Waals surface area contributed by atoms with Gasteiger partial charge in [0.1, 0.15) is 5.75 Å². The fourth-order valence-corrected chi connectivity index (χ4v) is 2.84. The summed E-state index contributed by atoms with van der Waals surface area (Å²) >= 11 is 0. The Kier molecular flexibility index (Phi) is 4.15. The van der Waals surface area contributed by atoms with Gasteiger partial charge in [-0.1, -0.05) is 29.8 Å². The highest BCUT2D eigenvalue weighted by atomic mass is 16.7. The number of aromatic hydroxyl groups is 1. The quantitative estimate of drug-likeness (QED) is 0.677. The normalized spacial score (nSPS) is 18.5. The van der Waals surface area contributed by atoms with Crippen molar-refractivity contribution in [3.63, 3.8) is 0 Å². The third-order valence-electron chi connectivity index (χ3n) is 4.04. The predicted octanol–water partition coefficient (Wildman–Crippen LogP) is 3.84. The molecule has 23 heavy (non-hydrogen) atoms. The summed E-state index contributed by atoms with van der Waals surface area (Å²) in [5.74, 6) is 0.172. The third kappa shape index (κ3) is 3.42. The number of fused-ring (bicyclic) bond motifs is 1. The standard InChI is InChI=1S/C19H19NO3/c1-12-3-5-14(6-4-12)19(22)23-20-18-10-13(2)9-15-11-16(21)7-8-17(15)18/h3-8,11,13,21H,9-10H2,1-2H3/b20-18-/t13-/m1/s1. The molecule has 0 aliphatic heterocycles. The minimum absolute atomic E-state index is 0.244. The Hall–Kier alpha value is -2.62. The number of hydrogen-bond acceptors (Lipinski definition) is 4. The number of carbonyl (C=O) groups is 1. The highest BCUT2D eigenvalue weighted by Gasteiger charge is 2.22. The topological polar surface area (TPSA) is 58.9 Å². The van der Waals surface area contributed by atoms with Crippen LogP contribution in [0.25, 0.3) is 0 Å². The second kappa shape index (κ2) is 6.24. The molecule has 1 aliphatic carbocycles. The van der Waals surface area contributed by atoms with E-state index in [1.165, 1.54) is 0 Å². The van der Waals surface area contributed by atoms with Gasteiger partial charge in [-0.25, -0.2) is 4.79 Å². The van der Waals surface area contributed by atoms with Crippen molar-refractivity contribution in [2.24, 2.45) is 11.1 Å². The summed E-state index contributed by atoms with van der Waals surface area (Å²) in [6.45, 7) is 4.08. The Balaban J connectivity index is 1.83. The molecule has 0 bridgehead atoms. The predicted molar refractivity (Wildman–Crippen MR) is 88.7 cm³/mol. The molecule has 0 radical (unpaired) electrons. The van der Waals surface area contributed by atoms with E-state index in [1.54, 1.807) is 24.3 Å². The summed E-state index contributed by atoms with van der Waals surface area (Å²) < 4.78 is 0. The lowest BCUT2D eigenvalue weighted by Gasteiger charge is -2.22. The number of benzene rings is 2. The molecule has 0 amide bonds. The number of phenolic OH excluding ortho intramolecular Hbond substituents is 1. The summed E-state index contributed by atoms with van der Waals surface area (Å²) in [5.41, 5.74) is 4.29. The van der Waals surface area contributed by atoms with E-state index in [9.17, 15) is 9.90 Å². The fourth-order valence-electron chi connectivity index (χ4n) is 2.84. The molecule has 3 rings (SSSR count). The summed E-state index contributed by atoms with van der Waals surface area (Å²) in [6.07, 6.45) is 1.63. The Morgan fingerprint density at radius 2 is 1.91 bits per heavy atom. The van der Waals surface area contributed by atoms with Gasteiger partial charge in [-0.3, -0.25) is 0 Å². The van der Waals surface area contributed by atoms with Crippen LogP contribution in [0.5, 0.6) is 5.75 Å². The summed E-state index contributed by atoms with van der Waals surface area (Å²) in [6, 6.07) is 12.4. The number of rotatable bonds is 2. The first-order chi connectivity index (χ1) is 11.0. The average Bonchev–Trinajstić information content (AvgIpc) is 2.52. The van der Waals surface area contributed by atoms with E-state index in [-0.39, 0.29) is 5.75 Å². The van der Waals surface area contributed by atoms with E-state index >= 15 is 0 Å². The Morgan fingerprint density at radius 3 is 2.65 bits per heavy atom. The first-order valence-corrected chi connectivity index (χ1v) is 7.70. The molecule has 118 valence electrons. The van der Waals surface area contributed by atoms with E-state index in [2.05, 4.69) is 12.1 Å². The van der Waals surface area contributed by atoms with Crippen LogP contribution < -0.4 is 0 Å². The van der Waals surface area contributed by atoms with Crippen LogP contribution in [0.2, 0.25) is 0 Å². The maximum absolute atomic E-state index is 12.1. The van der Waals surface area contributed by atoms with Crippen molar-refractivity contribution >= 4 is 11.7 Å². The highest BCUT2D eigenvalue weighted by Crippen LogP contribution is 2.28. The summed E-state index contributed by atoms with van der Waals surface area (Å²) in [4.78, 5) is 17.2. The zero-order chi connectivity index (χ0) is 16.4. The molecule has 2 aromatic carbocycles. The van der Waals surface area contributed by atoms with Crippen molar-refractivity contribution in [3.05, 3.63) is 64.7 Å². The molecule has 0 fully saturated rings. The molecule has 2 aromatic rings. The van der Waals surface area contributed by atoms with E-state index in [0.717, 1.165) is 35.2 Å². The van der Waals surface area contributed by atoms with E-state index < -0.39 is 5.97 Å². The van der Waals surface area contributed by atoms with Crippen LogP contribution in [-0.2, 0) is 11.3 Å². The molecule has 0 heterocycles. The second-order valence-corrected chi connectivity index (χ2v) is 6.14. The number of phenols is 1. The monoisotopic (exact) mass is 309 g/mol. The smallest absolute Gasteiger partial charge is 0.365 e. The lowest BCUT2D eigenvalue weighted by atomic mass is 9.83. The fraction of sp³-hybridized carbons (Fsp3) is 0.263. The van der Waals surface area contributed by atoms with Crippen molar-refractivity contribution in [1.29, 1.82) is 0 Å². The van der Waals surface area contributed by atoms with Crippen LogP contribution in [0.15, 0.2) is 47.6 Å². The Labute approximate surface area is 135 Å². The summed E-state index contributed by atoms with van der Waals surface area (Å²) in [7, 11) is 0. The molecule has 4 nitrogen and oxygen atoms in total. The van der Waals surface area contributed by atoms with Gasteiger partial charge in [0.25, 0.3) is 0 Å². The van der Waals surface area contributed by atoms with Crippen LogP contribution >= 0.6 is 0 Å². The number of nitrogens with zero attached hydrogens (tertiary/aromatic N) is 1. The van der Waals surface area contributed by atoms with Crippen molar-refractivity contribution in [3.8, 4) is 5.75 Å². The molecule has 1 atom stereocenters. The van der Waals surface area contributed by atoms with Crippen LogP contribution in [0.3, 0.4) is 0 Å². The molecular formula is C19H19NO3. The van der Waals surface area contributed by atoms with Crippen LogP contribution in [-0.4, -0.2) is 16.8 Å². The highest BCUT2D eigenvalue weighted by molar-refractivity contribution is 6.03. The zero-order valence-corrected chi connectivity index (χ0v) is 13.2. The molecular weight excluding hydrogens is 290 g/mol. The molecule has 1 N–H and O–H groups in total. The second-order valence-electron chi connectivity index (χ2n) is 6.14. The number of oxime groups is 1. The van der Waals surface area contributed by atoms with Gasteiger partial charge in [-0.15, -0.1) is 0 Å². The SMILES string of the molecule is Cc1ccc(C(=O)O/N=C2/C[C@H](C)Cc3cc(O)ccc32)cc1. The first-order valence-electron chi connectivity index (χ1n) is 7.70. The molecule has 4 heteroatoms. The van der Waals surface area contributed by atoms with Gasteiger partial charge < -0.3 is 9.94 Å². The third-order valence-corrected chi connectivity index (χ3v) is 4.04. The molecule has 0 aromatic heterocycles. The van der Waals surface area contributed by atoms with Gasteiger partial charge in [0.05, 0.1) is 11.3 Å². The summed E-state index contributed by atoms with van der Waals surface area (Å²) in [5, 5.41) is 13.7. The van der Waals surface area contributed by atoms with Crippen molar-refractivity contribution in [2.45, 2.75) is 26.7 Å². The Bertz CT molecular complexity index is 763.